The standard InChI is InChI=1S/C16H24N2O2/c1-3-18-16(15(17)19)10-6-8-13(11-16)20-14-9-5-4-7-12(14)2/h4-5,7,9,13,18H,3,6,8,10-11H2,1-2H3,(H2,17,19). The summed E-state index contributed by atoms with van der Waals surface area (Å²) in [5, 5.41) is 3.27. The molecule has 2 atom stereocenters. The summed E-state index contributed by atoms with van der Waals surface area (Å²) >= 11 is 0. The molecule has 0 bridgehead atoms. The van der Waals surface area contributed by atoms with Gasteiger partial charge in [0.15, 0.2) is 0 Å². The summed E-state index contributed by atoms with van der Waals surface area (Å²) in [6.07, 6.45) is 3.40. The van der Waals surface area contributed by atoms with Crippen molar-refractivity contribution in [3.63, 3.8) is 0 Å². The van der Waals surface area contributed by atoms with Crippen LogP contribution in [0.3, 0.4) is 0 Å². The Morgan fingerprint density at radius 3 is 2.90 bits per heavy atom. The van der Waals surface area contributed by atoms with E-state index in [1.54, 1.807) is 0 Å². The normalized spacial score (nSPS) is 26.2. The van der Waals surface area contributed by atoms with E-state index in [0.717, 1.165) is 37.1 Å². The van der Waals surface area contributed by atoms with Crippen molar-refractivity contribution < 1.29 is 9.53 Å². The Bertz CT molecular complexity index is 471. The Morgan fingerprint density at radius 1 is 1.50 bits per heavy atom. The Kier molecular flexibility index (Phi) is 4.65. The van der Waals surface area contributed by atoms with Gasteiger partial charge in [-0.1, -0.05) is 25.1 Å². The highest BCUT2D eigenvalue weighted by atomic mass is 16.5. The first-order valence-corrected chi connectivity index (χ1v) is 7.34. The van der Waals surface area contributed by atoms with Gasteiger partial charge in [0, 0.05) is 6.42 Å². The van der Waals surface area contributed by atoms with Crippen LogP contribution in [0.1, 0.15) is 38.2 Å². The number of nitrogens with one attached hydrogen (secondary N) is 1. The van der Waals surface area contributed by atoms with Gasteiger partial charge in [0.1, 0.15) is 17.4 Å². The monoisotopic (exact) mass is 276 g/mol. The molecule has 110 valence electrons. The summed E-state index contributed by atoms with van der Waals surface area (Å²) in [5.74, 6) is 0.631. The number of hydrogen-bond acceptors (Lipinski definition) is 3. The maximum atomic E-state index is 11.8. The molecule has 1 aliphatic carbocycles. The number of benzene rings is 1. The molecule has 1 saturated carbocycles. The second kappa shape index (κ2) is 6.27. The van der Waals surface area contributed by atoms with Gasteiger partial charge in [-0.25, -0.2) is 0 Å². The van der Waals surface area contributed by atoms with Crippen LogP contribution in [0.4, 0.5) is 0 Å². The number of likely N-dealkylation sites (N-methyl/N-ethyl adjacent to an activating group) is 1. The predicted octanol–water partition coefficient (Wildman–Crippen LogP) is 2.15. The second-order valence-electron chi connectivity index (χ2n) is 5.58. The zero-order valence-electron chi connectivity index (χ0n) is 12.3. The maximum absolute atomic E-state index is 11.8. The molecule has 4 nitrogen and oxygen atoms in total. The SMILES string of the molecule is CCNC1(C(N)=O)CCCC(Oc2ccccc2C)C1. The highest BCUT2D eigenvalue weighted by Crippen LogP contribution is 2.31. The number of ether oxygens (including phenoxy) is 1. The minimum atomic E-state index is -0.611. The number of nitrogens with two attached hydrogens (primary N) is 1. The highest BCUT2D eigenvalue weighted by molar-refractivity contribution is 5.84. The molecule has 1 aliphatic rings. The van der Waals surface area contributed by atoms with E-state index < -0.39 is 5.54 Å². The molecule has 1 amide bonds. The Labute approximate surface area is 120 Å². The Morgan fingerprint density at radius 2 is 2.25 bits per heavy atom. The maximum Gasteiger partial charge on any atom is 0.237 e. The molecular weight excluding hydrogens is 252 g/mol. The number of rotatable bonds is 5. The number of carbonyl (C=O) groups is 1. The number of aryl methyl sites for hydroxylation is 1. The van der Waals surface area contributed by atoms with E-state index in [2.05, 4.69) is 5.32 Å². The lowest BCUT2D eigenvalue weighted by atomic mass is 9.79. The molecule has 2 rings (SSSR count). The average molecular weight is 276 g/mol. The van der Waals surface area contributed by atoms with Crippen molar-refractivity contribution in [2.24, 2.45) is 5.73 Å². The molecule has 2 unspecified atom stereocenters. The fourth-order valence-corrected chi connectivity index (χ4v) is 3.00. The lowest BCUT2D eigenvalue weighted by molar-refractivity contribution is -0.127. The van der Waals surface area contributed by atoms with Gasteiger partial charge in [-0.2, -0.15) is 0 Å². The minimum absolute atomic E-state index is 0.0383. The van der Waals surface area contributed by atoms with Crippen molar-refractivity contribution in [3.05, 3.63) is 29.8 Å². The van der Waals surface area contributed by atoms with E-state index in [1.807, 2.05) is 38.1 Å². The Balaban J connectivity index is 2.10. The fourth-order valence-electron chi connectivity index (χ4n) is 3.00. The van der Waals surface area contributed by atoms with Gasteiger partial charge in [0.25, 0.3) is 0 Å². The molecule has 0 spiro atoms. The number of primary amides is 1. The summed E-state index contributed by atoms with van der Waals surface area (Å²) < 4.78 is 6.09. The fraction of sp³-hybridized carbons (Fsp3) is 0.562. The molecule has 0 radical (unpaired) electrons. The third-order valence-corrected chi connectivity index (χ3v) is 4.08. The zero-order chi connectivity index (χ0) is 14.6. The van der Waals surface area contributed by atoms with Crippen molar-refractivity contribution in [2.75, 3.05) is 6.54 Å². The van der Waals surface area contributed by atoms with Gasteiger partial charge in [-0.05, 0) is 44.4 Å². The van der Waals surface area contributed by atoms with Gasteiger partial charge >= 0.3 is 0 Å². The summed E-state index contributed by atoms with van der Waals surface area (Å²) in [6.45, 7) is 4.76. The van der Waals surface area contributed by atoms with Crippen LogP contribution in [0.25, 0.3) is 0 Å². The zero-order valence-corrected chi connectivity index (χ0v) is 12.3. The topological polar surface area (TPSA) is 64.3 Å². The largest absolute Gasteiger partial charge is 0.490 e. The van der Waals surface area contributed by atoms with Crippen LogP contribution in [0.2, 0.25) is 0 Å². The van der Waals surface area contributed by atoms with Gasteiger partial charge < -0.3 is 15.8 Å². The van der Waals surface area contributed by atoms with Crippen LogP contribution in [0.5, 0.6) is 5.75 Å². The molecule has 1 aromatic rings. The molecule has 20 heavy (non-hydrogen) atoms. The van der Waals surface area contributed by atoms with Gasteiger partial charge in [-0.15, -0.1) is 0 Å². The first-order valence-electron chi connectivity index (χ1n) is 7.34. The number of amides is 1. The van der Waals surface area contributed by atoms with Crippen LogP contribution in [0.15, 0.2) is 24.3 Å². The first-order chi connectivity index (χ1) is 9.57. The number of hydrogen-bond donors (Lipinski definition) is 2. The quantitative estimate of drug-likeness (QED) is 0.866. The Hall–Kier alpha value is -1.55. The van der Waals surface area contributed by atoms with Crippen LogP contribution in [-0.2, 0) is 4.79 Å². The van der Waals surface area contributed by atoms with E-state index >= 15 is 0 Å². The van der Waals surface area contributed by atoms with Crippen molar-refractivity contribution >= 4 is 5.91 Å². The third-order valence-electron chi connectivity index (χ3n) is 4.08. The molecule has 0 heterocycles. The van der Waals surface area contributed by atoms with Crippen molar-refractivity contribution in [2.45, 2.75) is 51.2 Å². The molecule has 0 saturated heterocycles. The predicted molar refractivity (Wildman–Crippen MR) is 79.7 cm³/mol. The molecule has 3 N–H and O–H groups in total. The van der Waals surface area contributed by atoms with E-state index in [9.17, 15) is 4.79 Å². The minimum Gasteiger partial charge on any atom is -0.490 e. The lowest BCUT2D eigenvalue weighted by Crippen LogP contribution is -2.59. The summed E-state index contributed by atoms with van der Waals surface area (Å²) in [7, 11) is 0. The summed E-state index contributed by atoms with van der Waals surface area (Å²) in [6, 6.07) is 7.97. The smallest absolute Gasteiger partial charge is 0.237 e. The molecule has 1 aromatic carbocycles. The number of carbonyl (C=O) groups excluding carboxylic acids is 1. The summed E-state index contributed by atoms with van der Waals surface area (Å²) in [5.41, 5.74) is 6.12. The van der Waals surface area contributed by atoms with Gasteiger partial charge in [-0.3, -0.25) is 4.79 Å². The van der Waals surface area contributed by atoms with Crippen LogP contribution in [0, 0.1) is 6.92 Å². The first kappa shape index (κ1) is 14.9. The van der Waals surface area contributed by atoms with Crippen LogP contribution in [-0.4, -0.2) is 24.1 Å². The number of para-hydroxylation sites is 1. The van der Waals surface area contributed by atoms with Crippen molar-refractivity contribution in [3.8, 4) is 5.75 Å². The highest BCUT2D eigenvalue weighted by Gasteiger charge is 2.41. The van der Waals surface area contributed by atoms with E-state index in [1.165, 1.54) is 0 Å². The lowest BCUT2D eigenvalue weighted by Gasteiger charge is -2.39. The molecule has 1 fully saturated rings. The van der Waals surface area contributed by atoms with Crippen molar-refractivity contribution in [1.29, 1.82) is 0 Å². The van der Waals surface area contributed by atoms with Crippen molar-refractivity contribution in [1.82, 2.24) is 5.32 Å². The average Bonchev–Trinajstić information content (AvgIpc) is 2.42. The molecule has 4 heteroatoms. The van der Waals surface area contributed by atoms with Crippen LogP contribution >= 0.6 is 0 Å². The van der Waals surface area contributed by atoms with E-state index in [-0.39, 0.29) is 12.0 Å². The van der Waals surface area contributed by atoms with Gasteiger partial charge in [0.05, 0.1) is 0 Å². The van der Waals surface area contributed by atoms with Gasteiger partial charge in [0.2, 0.25) is 5.91 Å². The second-order valence-corrected chi connectivity index (χ2v) is 5.58. The van der Waals surface area contributed by atoms with Crippen LogP contribution < -0.4 is 15.8 Å². The molecular formula is C16H24N2O2. The van der Waals surface area contributed by atoms with E-state index in [0.29, 0.717) is 6.42 Å². The summed E-state index contributed by atoms with van der Waals surface area (Å²) in [4.78, 5) is 11.8. The third kappa shape index (κ3) is 3.12. The molecule has 0 aliphatic heterocycles. The molecule has 0 aromatic heterocycles. The van der Waals surface area contributed by atoms with E-state index in [4.69, 9.17) is 10.5 Å².